The van der Waals surface area contributed by atoms with Gasteiger partial charge in [-0.05, 0) is 31.9 Å². The van der Waals surface area contributed by atoms with Gasteiger partial charge in [-0.1, -0.05) is 37.5 Å². The second kappa shape index (κ2) is 6.77. The quantitative estimate of drug-likeness (QED) is 0.937. The Kier molecular flexibility index (Phi) is 4.56. The molecule has 0 radical (unpaired) electrons. The Morgan fingerprint density at radius 3 is 2.68 bits per heavy atom. The van der Waals surface area contributed by atoms with E-state index >= 15 is 0 Å². The molecule has 1 aliphatic rings. The van der Waals surface area contributed by atoms with Crippen molar-refractivity contribution in [3.63, 3.8) is 0 Å². The number of rotatable bonds is 4. The van der Waals surface area contributed by atoms with Crippen molar-refractivity contribution in [2.24, 2.45) is 0 Å². The van der Waals surface area contributed by atoms with E-state index in [4.69, 9.17) is 4.42 Å². The Morgan fingerprint density at radius 1 is 1.23 bits per heavy atom. The summed E-state index contributed by atoms with van der Waals surface area (Å²) in [6.45, 7) is 1.86. The van der Waals surface area contributed by atoms with E-state index in [1.165, 1.54) is 19.3 Å². The van der Waals surface area contributed by atoms with Crippen LogP contribution in [0.1, 0.15) is 43.6 Å². The number of carbonyl (C=O) groups excluding carboxylic acids is 1. The van der Waals surface area contributed by atoms with Crippen molar-refractivity contribution in [3.8, 4) is 11.5 Å². The SMILES string of the molecule is Cc1oc(-c2ccccc2)nc1CC(=O)NC1CCCCC1. The molecule has 4 heteroatoms. The Morgan fingerprint density at radius 2 is 1.95 bits per heavy atom. The van der Waals surface area contributed by atoms with Crippen LogP contribution in [0.15, 0.2) is 34.7 Å². The minimum atomic E-state index is 0.0444. The molecule has 22 heavy (non-hydrogen) atoms. The van der Waals surface area contributed by atoms with Crippen molar-refractivity contribution in [1.82, 2.24) is 10.3 Å². The van der Waals surface area contributed by atoms with E-state index in [1.807, 2.05) is 37.3 Å². The normalized spacial score (nSPS) is 15.7. The second-order valence-electron chi connectivity index (χ2n) is 5.97. The van der Waals surface area contributed by atoms with Gasteiger partial charge in [-0.25, -0.2) is 4.98 Å². The maximum absolute atomic E-state index is 12.2. The number of nitrogens with zero attached hydrogens (tertiary/aromatic N) is 1. The molecule has 1 heterocycles. The summed E-state index contributed by atoms with van der Waals surface area (Å²) in [5.41, 5.74) is 1.66. The van der Waals surface area contributed by atoms with E-state index in [9.17, 15) is 4.79 Å². The lowest BCUT2D eigenvalue weighted by atomic mass is 9.95. The lowest BCUT2D eigenvalue weighted by Crippen LogP contribution is -2.37. The molecule has 4 nitrogen and oxygen atoms in total. The minimum Gasteiger partial charge on any atom is -0.441 e. The number of hydrogen-bond acceptors (Lipinski definition) is 3. The molecule has 1 aromatic carbocycles. The molecule has 0 aliphatic heterocycles. The Balaban J connectivity index is 1.65. The van der Waals surface area contributed by atoms with Crippen molar-refractivity contribution in [1.29, 1.82) is 0 Å². The highest BCUT2D eigenvalue weighted by molar-refractivity contribution is 5.78. The van der Waals surface area contributed by atoms with Gasteiger partial charge in [0.15, 0.2) is 0 Å². The van der Waals surface area contributed by atoms with Crippen LogP contribution in [0.25, 0.3) is 11.5 Å². The molecule has 1 N–H and O–H groups in total. The van der Waals surface area contributed by atoms with Gasteiger partial charge in [-0.15, -0.1) is 0 Å². The number of hydrogen-bond donors (Lipinski definition) is 1. The van der Waals surface area contributed by atoms with Crippen LogP contribution in [-0.2, 0) is 11.2 Å². The topological polar surface area (TPSA) is 55.1 Å². The monoisotopic (exact) mass is 298 g/mol. The molecule has 0 saturated heterocycles. The van der Waals surface area contributed by atoms with E-state index < -0.39 is 0 Å². The smallest absolute Gasteiger partial charge is 0.226 e. The summed E-state index contributed by atoms with van der Waals surface area (Å²) in [5.74, 6) is 1.35. The van der Waals surface area contributed by atoms with E-state index in [2.05, 4.69) is 10.3 Å². The third kappa shape index (κ3) is 3.56. The zero-order chi connectivity index (χ0) is 15.4. The molecule has 1 saturated carbocycles. The van der Waals surface area contributed by atoms with Crippen LogP contribution in [0.5, 0.6) is 0 Å². The predicted octanol–water partition coefficient (Wildman–Crippen LogP) is 3.64. The summed E-state index contributed by atoms with van der Waals surface area (Å²) in [6.07, 6.45) is 6.20. The van der Waals surface area contributed by atoms with E-state index in [0.717, 1.165) is 29.9 Å². The summed E-state index contributed by atoms with van der Waals surface area (Å²) < 4.78 is 5.70. The van der Waals surface area contributed by atoms with E-state index in [-0.39, 0.29) is 5.91 Å². The maximum atomic E-state index is 12.2. The molecule has 116 valence electrons. The maximum Gasteiger partial charge on any atom is 0.226 e. The molecule has 1 amide bonds. The predicted molar refractivity (Wildman–Crippen MR) is 85.4 cm³/mol. The van der Waals surface area contributed by atoms with Crippen molar-refractivity contribution < 1.29 is 9.21 Å². The molecule has 1 aliphatic carbocycles. The van der Waals surface area contributed by atoms with Crippen molar-refractivity contribution in [2.75, 3.05) is 0 Å². The third-order valence-corrected chi connectivity index (χ3v) is 4.21. The van der Waals surface area contributed by atoms with Gasteiger partial charge in [0.05, 0.1) is 12.1 Å². The summed E-state index contributed by atoms with van der Waals surface area (Å²) in [6, 6.07) is 10.1. The number of oxazole rings is 1. The van der Waals surface area contributed by atoms with E-state index in [0.29, 0.717) is 18.4 Å². The number of aryl methyl sites for hydroxylation is 1. The van der Waals surface area contributed by atoms with Crippen LogP contribution in [-0.4, -0.2) is 16.9 Å². The fourth-order valence-corrected chi connectivity index (χ4v) is 2.97. The summed E-state index contributed by atoms with van der Waals surface area (Å²) in [4.78, 5) is 16.7. The average Bonchev–Trinajstić information content (AvgIpc) is 2.90. The summed E-state index contributed by atoms with van der Waals surface area (Å²) >= 11 is 0. The van der Waals surface area contributed by atoms with Gasteiger partial charge >= 0.3 is 0 Å². The van der Waals surface area contributed by atoms with Crippen LogP contribution in [0.2, 0.25) is 0 Å². The fraction of sp³-hybridized carbons (Fsp3) is 0.444. The van der Waals surface area contributed by atoms with Gasteiger partial charge < -0.3 is 9.73 Å². The molecule has 1 fully saturated rings. The molecular formula is C18H22N2O2. The lowest BCUT2D eigenvalue weighted by molar-refractivity contribution is -0.121. The second-order valence-corrected chi connectivity index (χ2v) is 5.97. The number of nitrogens with one attached hydrogen (secondary N) is 1. The molecule has 0 unspecified atom stereocenters. The van der Waals surface area contributed by atoms with E-state index in [1.54, 1.807) is 0 Å². The van der Waals surface area contributed by atoms with Gasteiger partial charge in [-0.2, -0.15) is 0 Å². The molecule has 0 bridgehead atoms. The van der Waals surface area contributed by atoms with Crippen LogP contribution in [0, 0.1) is 6.92 Å². The molecule has 3 rings (SSSR count). The number of aromatic nitrogens is 1. The van der Waals surface area contributed by atoms with Gasteiger partial charge in [0, 0.05) is 11.6 Å². The first-order chi connectivity index (χ1) is 10.7. The van der Waals surface area contributed by atoms with Gasteiger partial charge in [-0.3, -0.25) is 4.79 Å². The highest BCUT2D eigenvalue weighted by Crippen LogP contribution is 2.22. The molecule has 0 spiro atoms. The fourth-order valence-electron chi connectivity index (χ4n) is 2.97. The van der Waals surface area contributed by atoms with Crippen LogP contribution in [0.4, 0.5) is 0 Å². The third-order valence-electron chi connectivity index (χ3n) is 4.21. The van der Waals surface area contributed by atoms with Crippen LogP contribution < -0.4 is 5.32 Å². The number of carbonyl (C=O) groups is 1. The Hall–Kier alpha value is -2.10. The molecule has 1 aromatic heterocycles. The highest BCUT2D eigenvalue weighted by Gasteiger charge is 2.18. The lowest BCUT2D eigenvalue weighted by Gasteiger charge is -2.22. The first-order valence-corrected chi connectivity index (χ1v) is 8.03. The molecule has 0 atom stereocenters. The van der Waals surface area contributed by atoms with Gasteiger partial charge in [0.2, 0.25) is 11.8 Å². The standard InChI is InChI=1S/C18H22N2O2/c1-13-16(12-17(21)19-15-10-6-3-7-11-15)20-18(22-13)14-8-4-2-5-9-14/h2,4-5,8-9,15H,3,6-7,10-12H2,1H3,(H,19,21). The van der Waals surface area contributed by atoms with Crippen LogP contribution >= 0.6 is 0 Å². The Bertz CT molecular complexity index is 628. The van der Waals surface area contributed by atoms with Crippen molar-refractivity contribution in [2.45, 2.75) is 51.5 Å². The summed E-state index contributed by atoms with van der Waals surface area (Å²) in [7, 11) is 0. The van der Waals surface area contributed by atoms with Crippen LogP contribution in [0.3, 0.4) is 0 Å². The van der Waals surface area contributed by atoms with Crippen molar-refractivity contribution >= 4 is 5.91 Å². The van der Waals surface area contributed by atoms with Gasteiger partial charge in [0.1, 0.15) is 5.76 Å². The first-order valence-electron chi connectivity index (χ1n) is 8.03. The number of amides is 1. The average molecular weight is 298 g/mol. The minimum absolute atomic E-state index is 0.0444. The molecule has 2 aromatic rings. The highest BCUT2D eigenvalue weighted by atomic mass is 16.4. The summed E-state index contributed by atoms with van der Waals surface area (Å²) in [5, 5.41) is 3.12. The van der Waals surface area contributed by atoms with Gasteiger partial charge in [0.25, 0.3) is 0 Å². The zero-order valence-corrected chi connectivity index (χ0v) is 13.0. The zero-order valence-electron chi connectivity index (χ0n) is 13.0. The first kappa shape index (κ1) is 14.8. The number of benzene rings is 1. The Labute approximate surface area is 130 Å². The largest absolute Gasteiger partial charge is 0.441 e. The van der Waals surface area contributed by atoms with Crippen molar-refractivity contribution in [3.05, 3.63) is 41.8 Å². The molecular weight excluding hydrogens is 276 g/mol.